The Kier molecular flexibility index (Phi) is 4.66. The Bertz CT molecular complexity index is 567. The molecule has 1 saturated heterocycles. The third kappa shape index (κ3) is 3.39. The van der Waals surface area contributed by atoms with Gasteiger partial charge in [0, 0.05) is 31.7 Å². The molecule has 0 radical (unpaired) electrons. The fourth-order valence-electron chi connectivity index (χ4n) is 3.56. The van der Waals surface area contributed by atoms with Crippen LogP contribution >= 0.6 is 0 Å². The van der Waals surface area contributed by atoms with Crippen molar-refractivity contribution in [2.45, 2.75) is 37.7 Å². The molecule has 5 nitrogen and oxygen atoms in total. The molecule has 124 valence electrons. The normalized spacial score (nSPS) is 21.1. The van der Waals surface area contributed by atoms with E-state index in [1.807, 2.05) is 30.3 Å². The molecule has 1 aromatic rings. The van der Waals surface area contributed by atoms with Gasteiger partial charge in [0.2, 0.25) is 0 Å². The molecule has 0 unspecified atom stereocenters. The molecule has 0 spiro atoms. The van der Waals surface area contributed by atoms with E-state index in [1.165, 1.54) is 0 Å². The summed E-state index contributed by atoms with van der Waals surface area (Å²) in [4.78, 5) is 28.7. The Morgan fingerprint density at radius 1 is 0.870 bits per heavy atom. The number of amides is 2. The van der Waals surface area contributed by atoms with Crippen LogP contribution in [-0.4, -0.2) is 58.5 Å². The maximum atomic E-state index is 12.6. The second kappa shape index (κ2) is 6.71. The average Bonchev–Trinajstić information content (AvgIpc) is 2.89. The van der Waals surface area contributed by atoms with E-state index in [0.717, 1.165) is 19.3 Å². The van der Waals surface area contributed by atoms with Gasteiger partial charge in [0.05, 0.1) is 0 Å². The maximum Gasteiger partial charge on any atom is 0.254 e. The second-order valence-corrected chi connectivity index (χ2v) is 6.54. The minimum atomic E-state index is -1.17. The molecule has 23 heavy (non-hydrogen) atoms. The quantitative estimate of drug-likeness (QED) is 0.903. The topological polar surface area (TPSA) is 60.9 Å². The first-order chi connectivity index (χ1) is 11.1. The molecule has 1 N–H and O–H groups in total. The summed E-state index contributed by atoms with van der Waals surface area (Å²) in [5, 5.41) is 10.5. The fraction of sp³-hybridized carbons (Fsp3) is 0.556. The molecule has 1 aliphatic carbocycles. The van der Waals surface area contributed by atoms with Crippen LogP contribution in [0.1, 0.15) is 42.5 Å². The van der Waals surface area contributed by atoms with E-state index in [1.54, 1.807) is 9.80 Å². The van der Waals surface area contributed by atoms with Gasteiger partial charge in [0.15, 0.2) is 0 Å². The third-order valence-corrected chi connectivity index (χ3v) is 4.92. The van der Waals surface area contributed by atoms with Gasteiger partial charge in [0.1, 0.15) is 5.60 Å². The zero-order valence-electron chi connectivity index (χ0n) is 13.4. The third-order valence-electron chi connectivity index (χ3n) is 4.92. The molecule has 5 heteroatoms. The van der Waals surface area contributed by atoms with Crippen molar-refractivity contribution in [2.24, 2.45) is 0 Å². The van der Waals surface area contributed by atoms with Gasteiger partial charge in [0.25, 0.3) is 11.8 Å². The molecule has 1 saturated carbocycles. The maximum absolute atomic E-state index is 12.6. The largest absolute Gasteiger partial charge is 0.380 e. The molecule has 0 atom stereocenters. The van der Waals surface area contributed by atoms with Gasteiger partial charge in [-0.15, -0.1) is 0 Å². The highest BCUT2D eigenvalue weighted by Crippen LogP contribution is 2.31. The van der Waals surface area contributed by atoms with Gasteiger partial charge >= 0.3 is 0 Å². The molecule has 2 fully saturated rings. The van der Waals surface area contributed by atoms with Crippen molar-refractivity contribution in [3.8, 4) is 0 Å². The summed E-state index contributed by atoms with van der Waals surface area (Å²) in [5.41, 5.74) is -0.486. The molecular weight excluding hydrogens is 292 g/mol. The fourth-order valence-corrected chi connectivity index (χ4v) is 3.56. The zero-order chi connectivity index (χ0) is 16.3. The molecule has 0 aromatic heterocycles. The van der Waals surface area contributed by atoms with E-state index in [9.17, 15) is 14.7 Å². The zero-order valence-corrected chi connectivity index (χ0v) is 13.4. The summed E-state index contributed by atoms with van der Waals surface area (Å²) in [7, 11) is 0. The number of aliphatic hydroxyl groups is 1. The van der Waals surface area contributed by atoms with Crippen molar-refractivity contribution in [3.05, 3.63) is 35.9 Å². The summed E-state index contributed by atoms with van der Waals surface area (Å²) in [6.45, 7) is 2.28. The van der Waals surface area contributed by atoms with Crippen molar-refractivity contribution >= 4 is 11.8 Å². The lowest BCUT2D eigenvalue weighted by Gasteiger charge is -2.29. The molecule has 2 amide bonds. The highest BCUT2D eigenvalue weighted by Gasteiger charge is 2.41. The van der Waals surface area contributed by atoms with E-state index in [-0.39, 0.29) is 11.8 Å². The number of hydrogen-bond donors (Lipinski definition) is 1. The van der Waals surface area contributed by atoms with Crippen LogP contribution in [0.5, 0.6) is 0 Å². The van der Waals surface area contributed by atoms with Crippen molar-refractivity contribution in [3.63, 3.8) is 0 Å². The first kappa shape index (κ1) is 16.0. The molecule has 1 aromatic carbocycles. The Hall–Kier alpha value is -1.88. The molecule has 0 bridgehead atoms. The first-order valence-electron chi connectivity index (χ1n) is 8.46. The van der Waals surface area contributed by atoms with Crippen LogP contribution in [0.25, 0.3) is 0 Å². The first-order valence-corrected chi connectivity index (χ1v) is 8.46. The Labute approximate surface area is 136 Å². The van der Waals surface area contributed by atoms with Crippen molar-refractivity contribution in [2.75, 3.05) is 26.2 Å². The van der Waals surface area contributed by atoms with Gasteiger partial charge in [-0.3, -0.25) is 9.59 Å². The molecular formula is C18H24N2O3. The predicted molar refractivity (Wildman–Crippen MR) is 87.0 cm³/mol. The lowest BCUT2D eigenvalue weighted by Crippen LogP contribution is -2.48. The monoisotopic (exact) mass is 316 g/mol. The van der Waals surface area contributed by atoms with Crippen molar-refractivity contribution in [1.82, 2.24) is 9.80 Å². The van der Waals surface area contributed by atoms with E-state index in [2.05, 4.69) is 0 Å². The highest BCUT2D eigenvalue weighted by molar-refractivity contribution is 5.94. The standard InChI is InChI=1S/C18H24N2O3/c21-16(15-7-2-1-3-8-15)19-11-6-12-20(14-13-19)17(22)18(23)9-4-5-10-18/h1-3,7-8,23H,4-6,9-14H2. The summed E-state index contributed by atoms with van der Waals surface area (Å²) in [6, 6.07) is 9.24. The molecule has 3 rings (SSSR count). The van der Waals surface area contributed by atoms with Crippen LogP contribution in [0.3, 0.4) is 0 Å². The predicted octanol–water partition coefficient (Wildman–Crippen LogP) is 1.67. The van der Waals surface area contributed by atoms with Crippen LogP contribution in [0.15, 0.2) is 30.3 Å². The average molecular weight is 316 g/mol. The summed E-state index contributed by atoms with van der Waals surface area (Å²) in [5.74, 6) is -0.136. The van der Waals surface area contributed by atoms with Crippen LogP contribution in [-0.2, 0) is 4.79 Å². The lowest BCUT2D eigenvalue weighted by molar-refractivity contribution is -0.150. The van der Waals surface area contributed by atoms with Crippen molar-refractivity contribution < 1.29 is 14.7 Å². The Balaban J connectivity index is 1.63. The molecule has 2 aliphatic rings. The SMILES string of the molecule is O=C(c1ccccc1)N1CCCN(C(=O)C2(O)CCCC2)CC1. The van der Waals surface area contributed by atoms with E-state index in [4.69, 9.17) is 0 Å². The second-order valence-electron chi connectivity index (χ2n) is 6.54. The van der Waals surface area contributed by atoms with Gasteiger partial charge in [-0.05, 0) is 44.2 Å². The smallest absolute Gasteiger partial charge is 0.254 e. The minimum absolute atomic E-state index is 0.0134. The number of nitrogens with zero attached hydrogens (tertiary/aromatic N) is 2. The Morgan fingerprint density at radius 3 is 2.17 bits per heavy atom. The van der Waals surface area contributed by atoms with E-state index >= 15 is 0 Å². The minimum Gasteiger partial charge on any atom is -0.380 e. The van der Waals surface area contributed by atoms with Crippen LogP contribution in [0.2, 0.25) is 0 Å². The molecule has 1 heterocycles. The van der Waals surface area contributed by atoms with Gasteiger partial charge in [-0.2, -0.15) is 0 Å². The van der Waals surface area contributed by atoms with Crippen molar-refractivity contribution in [1.29, 1.82) is 0 Å². The van der Waals surface area contributed by atoms with Gasteiger partial charge in [-0.25, -0.2) is 0 Å². The Morgan fingerprint density at radius 2 is 1.48 bits per heavy atom. The number of benzene rings is 1. The van der Waals surface area contributed by atoms with E-state index in [0.29, 0.717) is 44.6 Å². The number of carbonyl (C=O) groups excluding carboxylic acids is 2. The van der Waals surface area contributed by atoms with Crippen LogP contribution in [0, 0.1) is 0 Å². The van der Waals surface area contributed by atoms with E-state index < -0.39 is 5.60 Å². The number of carbonyl (C=O) groups is 2. The summed E-state index contributed by atoms with van der Waals surface area (Å²) >= 11 is 0. The van der Waals surface area contributed by atoms with Crippen LogP contribution in [0.4, 0.5) is 0 Å². The number of rotatable bonds is 2. The van der Waals surface area contributed by atoms with Gasteiger partial charge < -0.3 is 14.9 Å². The van der Waals surface area contributed by atoms with Gasteiger partial charge in [-0.1, -0.05) is 18.2 Å². The lowest BCUT2D eigenvalue weighted by atomic mass is 10.0. The van der Waals surface area contributed by atoms with Crippen LogP contribution < -0.4 is 0 Å². The highest BCUT2D eigenvalue weighted by atomic mass is 16.3. The summed E-state index contributed by atoms with van der Waals surface area (Å²) in [6.07, 6.45) is 3.70. The number of hydrogen-bond acceptors (Lipinski definition) is 3. The molecule has 1 aliphatic heterocycles. The summed E-state index contributed by atoms with van der Waals surface area (Å²) < 4.78 is 0.